The quantitative estimate of drug-likeness (QED) is 0.600. The molecule has 6 nitrogen and oxygen atoms in total. The van der Waals surface area contributed by atoms with Crippen molar-refractivity contribution in [1.29, 1.82) is 0 Å². The molecule has 2 aromatic carbocycles. The van der Waals surface area contributed by atoms with Gasteiger partial charge in [-0.2, -0.15) is 0 Å². The van der Waals surface area contributed by atoms with Gasteiger partial charge >= 0.3 is 0 Å². The molecule has 0 bridgehead atoms. The summed E-state index contributed by atoms with van der Waals surface area (Å²) in [7, 11) is 1.61. The summed E-state index contributed by atoms with van der Waals surface area (Å²) in [5.41, 5.74) is 1.30. The Morgan fingerprint density at radius 3 is 2.47 bits per heavy atom. The molecule has 0 unspecified atom stereocenters. The molecule has 1 amide bonds. The van der Waals surface area contributed by atoms with E-state index in [4.69, 9.17) is 4.42 Å². The van der Waals surface area contributed by atoms with Crippen molar-refractivity contribution < 1.29 is 23.5 Å². The summed E-state index contributed by atoms with van der Waals surface area (Å²) in [6.45, 7) is 0. The lowest BCUT2D eigenvalue weighted by Crippen LogP contribution is -2.23. The van der Waals surface area contributed by atoms with Crippen LogP contribution in [0.4, 0.5) is 10.1 Å². The topological polar surface area (TPSA) is 85.9 Å². The molecule has 0 aliphatic carbocycles. The lowest BCUT2D eigenvalue weighted by molar-refractivity contribution is -0.255. The van der Waals surface area contributed by atoms with Crippen LogP contribution >= 0.6 is 11.8 Å². The molecule has 0 N–H and O–H groups in total. The molecule has 0 spiro atoms. The highest BCUT2D eigenvalue weighted by Gasteiger charge is 2.30. The summed E-state index contributed by atoms with van der Waals surface area (Å²) >= 11 is 1.18. The first-order valence-corrected chi connectivity index (χ1v) is 9.66. The van der Waals surface area contributed by atoms with Crippen LogP contribution in [0.2, 0.25) is 0 Å². The zero-order chi connectivity index (χ0) is 21.3. The molecular formula is C22H14FN2O4S-. The third-order valence-corrected chi connectivity index (χ3v) is 5.42. The summed E-state index contributed by atoms with van der Waals surface area (Å²) in [5, 5.41) is 11.3. The second-order valence-corrected chi connectivity index (χ2v) is 7.42. The fourth-order valence-electron chi connectivity index (χ4n) is 2.76. The van der Waals surface area contributed by atoms with E-state index >= 15 is 0 Å². The molecule has 30 heavy (non-hydrogen) atoms. The van der Waals surface area contributed by atoms with Gasteiger partial charge in [0.15, 0.2) is 5.17 Å². The van der Waals surface area contributed by atoms with Gasteiger partial charge in [-0.3, -0.25) is 9.69 Å². The van der Waals surface area contributed by atoms with Crippen LogP contribution < -0.4 is 5.11 Å². The number of hydrogen-bond donors (Lipinski definition) is 0. The maximum atomic E-state index is 13.1. The molecule has 4 rings (SSSR count). The number of halogens is 1. The Labute approximate surface area is 175 Å². The number of carbonyl (C=O) groups is 2. The van der Waals surface area contributed by atoms with Gasteiger partial charge in [0.2, 0.25) is 0 Å². The van der Waals surface area contributed by atoms with E-state index in [0.29, 0.717) is 27.3 Å². The molecular weight excluding hydrogens is 407 g/mol. The van der Waals surface area contributed by atoms with Crippen LogP contribution in [0.25, 0.3) is 17.4 Å². The highest BCUT2D eigenvalue weighted by atomic mass is 32.2. The normalized spacial score (nSPS) is 16.6. The Hall–Kier alpha value is -3.65. The number of aromatic carboxylic acids is 1. The van der Waals surface area contributed by atoms with Crippen molar-refractivity contribution in [2.75, 3.05) is 7.05 Å². The summed E-state index contributed by atoms with van der Waals surface area (Å²) in [5.74, 6) is -0.777. The van der Waals surface area contributed by atoms with Gasteiger partial charge in [0.25, 0.3) is 5.91 Å². The zero-order valence-corrected chi connectivity index (χ0v) is 16.5. The van der Waals surface area contributed by atoms with E-state index in [1.54, 1.807) is 49.5 Å². The van der Waals surface area contributed by atoms with Gasteiger partial charge in [-0.05, 0) is 65.9 Å². The number of aliphatic imine (C=N–C) groups is 1. The smallest absolute Gasteiger partial charge is 0.266 e. The van der Waals surface area contributed by atoms with Gasteiger partial charge in [-0.15, -0.1) is 0 Å². The molecule has 1 fully saturated rings. The SMILES string of the molecule is CN1C(=O)/C(=C/c2ccc(-c3ccc(F)cc3)o2)SC1=Nc1ccc(C(=O)[O-])cc1. The number of carboxylic acid groups (broad SMARTS) is 1. The van der Waals surface area contributed by atoms with Crippen LogP contribution in [-0.4, -0.2) is 29.0 Å². The fourth-order valence-corrected chi connectivity index (χ4v) is 3.73. The first-order chi connectivity index (χ1) is 14.4. The zero-order valence-electron chi connectivity index (χ0n) is 15.7. The molecule has 0 radical (unpaired) electrons. The Morgan fingerprint density at radius 1 is 1.10 bits per heavy atom. The maximum absolute atomic E-state index is 13.1. The Kier molecular flexibility index (Phi) is 5.24. The van der Waals surface area contributed by atoms with E-state index in [1.807, 2.05) is 0 Å². The number of carbonyl (C=O) groups excluding carboxylic acids is 2. The van der Waals surface area contributed by atoms with E-state index in [9.17, 15) is 19.1 Å². The number of nitrogens with zero attached hydrogens (tertiary/aromatic N) is 2. The van der Waals surface area contributed by atoms with E-state index in [0.717, 1.165) is 5.56 Å². The molecule has 1 saturated heterocycles. The monoisotopic (exact) mass is 421 g/mol. The van der Waals surface area contributed by atoms with Crippen molar-refractivity contribution in [3.63, 3.8) is 0 Å². The standard InChI is InChI=1S/C22H15FN2O4S/c1-25-20(26)19(30-22(25)24-16-8-4-14(5-9-16)21(27)28)12-17-10-11-18(29-17)13-2-6-15(23)7-3-13/h2-12H,1H3,(H,27,28)/p-1/b19-12-,24-22?. The summed E-state index contributed by atoms with van der Waals surface area (Å²) in [6.07, 6.45) is 1.62. The second-order valence-electron chi connectivity index (χ2n) is 6.41. The van der Waals surface area contributed by atoms with E-state index in [2.05, 4.69) is 4.99 Å². The number of carboxylic acids is 1. The first kappa shape index (κ1) is 19.7. The lowest BCUT2D eigenvalue weighted by Gasteiger charge is -2.07. The van der Waals surface area contributed by atoms with Crippen molar-refractivity contribution in [1.82, 2.24) is 4.90 Å². The predicted octanol–water partition coefficient (Wildman–Crippen LogP) is 3.68. The van der Waals surface area contributed by atoms with Crippen LogP contribution in [0.1, 0.15) is 16.1 Å². The summed E-state index contributed by atoms with van der Waals surface area (Å²) in [4.78, 5) is 29.6. The fraction of sp³-hybridized carbons (Fsp3) is 0.0455. The molecule has 150 valence electrons. The Morgan fingerprint density at radius 2 is 1.80 bits per heavy atom. The van der Waals surface area contributed by atoms with Gasteiger partial charge in [0.05, 0.1) is 16.6 Å². The number of rotatable bonds is 4. The van der Waals surface area contributed by atoms with Crippen molar-refractivity contribution in [2.24, 2.45) is 4.99 Å². The highest BCUT2D eigenvalue weighted by molar-refractivity contribution is 8.18. The molecule has 0 atom stereocenters. The van der Waals surface area contributed by atoms with Gasteiger partial charge in [0, 0.05) is 18.7 Å². The van der Waals surface area contributed by atoms with Crippen molar-refractivity contribution >= 4 is 40.6 Å². The third-order valence-electron chi connectivity index (χ3n) is 4.36. The number of furan rings is 1. The number of likely N-dealkylation sites (N-methyl/N-ethyl adjacent to an activating group) is 1. The average molecular weight is 421 g/mol. The minimum Gasteiger partial charge on any atom is -0.545 e. The third kappa shape index (κ3) is 4.04. The van der Waals surface area contributed by atoms with Crippen LogP contribution in [0.3, 0.4) is 0 Å². The largest absolute Gasteiger partial charge is 0.545 e. The van der Waals surface area contributed by atoms with Gasteiger partial charge in [0.1, 0.15) is 17.3 Å². The van der Waals surface area contributed by atoms with Crippen LogP contribution in [0.5, 0.6) is 0 Å². The van der Waals surface area contributed by atoms with Crippen molar-refractivity contribution in [3.05, 3.63) is 82.7 Å². The van der Waals surface area contributed by atoms with Crippen LogP contribution in [0, 0.1) is 5.82 Å². The Balaban J connectivity index is 1.55. The number of thioether (sulfide) groups is 1. The van der Waals surface area contributed by atoms with E-state index < -0.39 is 5.97 Å². The summed E-state index contributed by atoms with van der Waals surface area (Å²) < 4.78 is 18.8. The average Bonchev–Trinajstić information content (AvgIpc) is 3.30. The van der Waals surface area contributed by atoms with Gasteiger partial charge in [-0.25, -0.2) is 9.38 Å². The number of amidine groups is 1. The van der Waals surface area contributed by atoms with Gasteiger partial charge in [-0.1, -0.05) is 12.1 Å². The molecule has 2 heterocycles. The number of amides is 1. The first-order valence-electron chi connectivity index (χ1n) is 8.84. The van der Waals surface area contributed by atoms with E-state index in [-0.39, 0.29) is 17.3 Å². The molecule has 1 aliphatic rings. The number of hydrogen-bond acceptors (Lipinski definition) is 6. The highest BCUT2D eigenvalue weighted by Crippen LogP contribution is 2.34. The summed E-state index contributed by atoms with van der Waals surface area (Å²) in [6, 6.07) is 15.3. The van der Waals surface area contributed by atoms with Crippen LogP contribution in [-0.2, 0) is 4.79 Å². The minimum absolute atomic E-state index is 0.0535. The van der Waals surface area contributed by atoms with Crippen molar-refractivity contribution in [2.45, 2.75) is 0 Å². The second kappa shape index (κ2) is 8.00. The van der Waals surface area contributed by atoms with Gasteiger partial charge < -0.3 is 14.3 Å². The maximum Gasteiger partial charge on any atom is 0.266 e. The molecule has 3 aromatic rings. The van der Waals surface area contributed by atoms with Crippen LogP contribution in [0.15, 0.2) is 75.0 Å². The number of benzene rings is 2. The molecule has 8 heteroatoms. The minimum atomic E-state index is -1.26. The Bertz CT molecular complexity index is 1180. The molecule has 1 aliphatic heterocycles. The predicted molar refractivity (Wildman–Crippen MR) is 110 cm³/mol. The lowest BCUT2D eigenvalue weighted by atomic mass is 10.2. The molecule has 0 saturated carbocycles. The van der Waals surface area contributed by atoms with Crippen molar-refractivity contribution in [3.8, 4) is 11.3 Å². The molecule has 1 aromatic heterocycles. The van der Waals surface area contributed by atoms with E-state index in [1.165, 1.54) is 40.9 Å².